The Labute approximate surface area is 71.4 Å². The van der Waals surface area contributed by atoms with Crippen molar-refractivity contribution in [2.75, 3.05) is 0 Å². The molecule has 0 aliphatic heterocycles. The molecule has 1 fully saturated rings. The van der Waals surface area contributed by atoms with Gasteiger partial charge in [-0.2, -0.15) is 0 Å². The van der Waals surface area contributed by atoms with Crippen LogP contribution >= 0.6 is 0 Å². The summed E-state index contributed by atoms with van der Waals surface area (Å²) in [7, 11) is 0. The van der Waals surface area contributed by atoms with Gasteiger partial charge in [0.1, 0.15) is 0 Å². The second-order valence-electron chi connectivity index (χ2n) is 4.48. The van der Waals surface area contributed by atoms with E-state index in [1.165, 1.54) is 44.9 Å². The maximum atomic E-state index is 2.32. The second kappa shape index (κ2) is 4.79. The van der Waals surface area contributed by atoms with Gasteiger partial charge in [-0.1, -0.05) is 58.8 Å². The van der Waals surface area contributed by atoms with Gasteiger partial charge < -0.3 is 0 Å². The fraction of sp³-hybridized carbons (Fsp3) is 1.00. The minimum Gasteiger partial charge on any atom is -0.0628 e. The van der Waals surface area contributed by atoms with E-state index in [9.17, 15) is 0 Å². The Morgan fingerprint density at radius 3 is 2.36 bits per heavy atom. The first kappa shape index (κ1) is 9.09. The van der Waals surface area contributed by atoms with Crippen LogP contribution in [0.25, 0.3) is 0 Å². The normalized spacial score (nSPS) is 18.8. The van der Waals surface area contributed by atoms with Gasteiger partial charge in [0.25, 0.3) is 0 Å². The van der Waals surface area contributed by atoms with E-state index in [1.54, 1.807) is 0 Å². The van der Waals surface area contributed by atoms with Crippen molar-refractivity contribution in [3.05, 3.63) is 0 Å². The Kier molecular flexibility index (Phi) is 3.96. The first-order valence-corrected chi connectivity index (χ1v) is 5.29. The average molecular weight is 154 g/mol. The quantitative estimate of drug-likeness (QED) is 0.525. The standard InChI is InChI=1S/C11H22/c1-10(2)6-3-4-7-11-8-5-9-11/h10-11H,3-9H2,1-2H3. The van der Waals surface area contributed by atoms with Crippen molar-refractivity contribution in [3.8, 4) is 0 Å². The molecule has 0 aromatic carbocycles. The lowest BCUT2D eigenvalue weighted by atomic mass is 9.81. The van der Waals surface area contributed by atoms with Crippen LogP contribution < -0.4 is 0 Å². The number of hydrogen-bond donors (Lipinski definition) is 0. The predicted molar refractivity (Wildman–Crippen MR) is 50.6 cm³/mol. The van der Waals surface area contributed by atoms with Crippen molar-refractivity contribution in [1.29, 1.82) is 0 Å². The molecule has 0 unspecified atom stereocenters. The summed E-state index contributed by atoms with van der Waals surface area (Å²) >= 11 is 0. The van der Waals surface area contributed by atoms with Crippen LogP contribution in [0.5, 0.6) is 0 Å². The molecule has 1 aliphatic carbocycles. The van der Waals surface area contributed by atoms with Crippen LogP contribution in [0.1, 0.15) is 58.8 Å². The van der Waals surface area contributed by atoms with Crippen molar-refractivity contribution < 1.29 is 0 Å². The Morgan fingerprint density at radius 1 is 1.18 bits per heavy atom. The van der Waals surface area contributed by atoms with Gasteiger partial charge in [0, 0.05) is 0 Å². The highest BCUT2D eigenvalue weighted by atomic mass is 14.2. The van der Waals surface area contributed by atoms with Crippen LogP contribution in [-0.2, 0) is 0 Å². The highest BCUT2D eigenvalue weighted by Gasteiger charge is 2.15. The third kappa shape index (κ3) is 3.79. The molecule has 1 rings (SSSR count). The Morgan fingerprint density at radius 2 is 1.91 bits per heavy atom. The molecule has 11 heavy (non-hydrogen) atoms. The van der Waals surface area contributed by atoms with E-state index in [0.29, 0.717) is 0 Å². The van der Waals surface area contributed by atoms with Crippen molar-refractivity contribution in [3.63, 3.8) is 0 Å². The fourth-order valence-electron chi connectivity index (χ4n) is 1.77. The van der Waals surface area contributed by atoms with Gasteiger partial charge in [-0.15, -0.1) is 0 Å². The number of rotatable bonds is 5. The van der Waals surface area contributed by atoms with Crippen molar-refractivity contribution >= 4 is 0 Å². The highest BCUT2D eigenvalue weighted by Crippen LogP contribution is 2.31. The van der Waals surface area contributed by atoms with E-state index >= 15 is 0 Å². The summed E-state index contributed by atoms with van der Waals surface area (Å²) in [6, 6.07) is 0. The van der Waals surface area contributed by atoms with Gasteiger partial charge in [-0.05, 0) is 11.8 Å². The third-order valence-corrected chi connectivity index (χ3v) is 2.87. The van der Waals surface area contributed by atoms with Crippen molar-refractivity contribution in [2.45, 2.75) is 58.8 Å². The molecular formula is C11H22. The van der Waals surface area contributed by atoms with Crippen molar-refractivity contribution in [1.82, 2.24) is 0 Å². The number of unbranched alkanes of at least 4 members (excludes halogenated alkanes) is 1. The fourth-order valence-corrected chi connectivity index (χ4v) is 1.77. The van der Waals surface area contributed by atoms with Gasteiger partial charge in [-0.25, -0.2) is 0 Å². The first-order chi connectivity index (χ1) is 5.29. The zero-order valence-electron chi connectivity index (χ0n) is 8.10. The lowest BCUT2D eigenvalue weighted by molar-refractivity contribution is 0.284. The summed E-state index contributed by atoms with van der Waals surface area (Å²) in [5, 5.41) is 0. The topological polar surface area (TPSA) is 0 Å². The van der Waals surface area contributed by atoms with Gasteiger partial charge in [0.2, 0.25) is 0 Å². The summed E-state index contributed by atoms with van der Waals surface area (Å²) in [6.45, 7) is 4.65. The SMILES string of the molecule is CC(C)CCCCC1CCC1. The molecule has 0 spiro atoms. The van der Waals surface area contributed by atoms with Gasteiger partial charge in [0.15, 0.2) is 0 Å². The van der Waals surface area contributed by atoms with Crippen LogP contribution in [0.15, 0.2) is 0 Å². The summed E-state index contributed by atoms with van der Waals surface area (Å²) in [5.74, 6) is 2.04. The van der Waals surface area contributed by atoms with Crippen molar-refractivity contribution in [2.24, 2.45) is 11.8 Å². The molecule has 0 aromatic rings. The molecule has 0 heteroatoms. The molecule has 1 saturated carbocycles. The van der Waals surface area contributed by atoms with Crippen LogP contribution in [-0.4, -0.2) is 0 Å². The molecule has 0 N–H and O–H groups in total. The predicted octanol–water partition coefficient (Wildman–Crippen LogP) is 4.00. The molecule has 1 aliphatic rings. The van der Waals surface area contributed by atoms with Crippen LogP contribution in [0.2, 0.25) is 0 Å². The smallest absolute Gasteiger partial charge is 0.0414 e. The van der Waals surface area contributed by atoms with E-state index in [2.05, 4.69) is 13.8 Å². The first-order valence-electron chi connectivity index (χ1n) is 5.29. The van der Waals surface area contributed by atoms with Crippen LogP contribution in [0.4, 0.5) is 0 Å². The lowest BCUT2D eigenvalue weighted by Gasteiger charge is -2.25. The van der Waals surface area contributed by atoms with E-state index in [-0.39, 0.29) is 0 Å². The molecular weight excluding hydrogens is 132 g/mol. The van der Waals surface area contributed by atoms with E-state index < -0.39 is 0 Å². The molecule has 0 bridgehead atoms. The number of hydrogen-bond acceptors (Lipinski definition) is 0. The Hall–Kier alpha value is 0. The molecule has 0 radical (unpaired) electrons. The van der Waals surface area contributed by atoms with Crippen LogP contribution in [0.3, 0.4) is 0 Å². The molecule has 0 atom stereocenters. The summed E-state index contributed by atoms with van der Waals surface area (Å²) in [4.78, 5) is 0. The van der Waals surface area contributed by atoms with Gasteiger partial charge in [0.05, 0.1) is 0 Å². The Bertz CT molecular complexity index is 90.2. The van der Waals surface area contributed by atoms with E-state index in [0.717, 1.165) is 11.8 Å². The molecule has 66 valence electrons. The molecule has 0 aromatic heterocycles. The van der Waals surface area contributed by atoms with Gasteiger partial charge >= 0.3 is 0 Å². The molecule has 0 heterocycles. The highest BCUT2D eigenvalue weighted by molar-refractivity contribution is 4.69. The molecule has 0 saturated heterocycles. The summed E-state index contributed by atoms with van der Waals surface area (Å²) in [5.41, 5.74) is 0. The molecule has 0 amide bonds. The average Bonchev–Trinajstić information content (AvgIpc) is 1.82. The third-order valence-electron chi connectivity index (χ3n) is 2.87. The zero-order valence-corrected chi connectivity index (χ0v) is 8.10. The maximum absolute atomic E-state index is 2.32. The lowest BCUT2D eigenvalue weighted by Crippen LogP contribution is -2.10. The minimum absolute atomic E-state index is 0.913. The summed E-state index contributed by atoms with van der Waals surface area (Å²) < 4.78 is 0. The minimum atomic E-state index is 0.913. The molecule has 0 nitrogen and oxygen atoms in total. The monoisotopic (exact) mass is 154 g/mol. The van der Waals surface area contributed by atoms with E-state index in [1.807, 2.05) is 0 Å². The van der Waals surface area contributed by atoms with E-state index in [4.69, 9.17) is 0 Å². The summed E-state index contributed by atoms with van der Waals surface area (Å²) in [6.07, 6.45) is 10.5. The maximum Gasteiger partial charge on any atom is -0.0414 e. The Balaban J connectivity index is 1.80. The van der Waals surface area contributed by atoms with Crippen LogP contribution in [0, 0.1) is 11.8 Å². The van der Waals surface area contributed by atoms with Gasteiger partial charge in [-0.3, -0.25) is 0 Å². The zero-order chi connectivity index (χ0) is 8.10. The second-order valence-corrected chi connectivity index (χ2v) is 4.48. The largest absolute Gasteiger partial charge is 0.0628 e.